The monoisotopic (exact) mass is 289 g/mol. The number of rotatable bonds is 6. The molecule has 110 valence electrons. The van der Waals surface area contributed by atoms with Gasteiger partial charge in [0.2, 0.25) is 0 Å². The average molecular weight is 289 g/mol. The Labute approximate surface area is 121 Å². The van der Waals surface area contributed by atoms with E-state index in [4.69, 9.17) is 9.84 Å². The molecule has 1 unspecified atom stereocenters. The predicted octanol–water partition coefficient (Wildman–Crippen LogP) is 0.702. The summed E-state index contributed by atoms with van der Waals surface area (Å²) >= 11 is 0. The zero-order valence-corrected chi connectivity index (χ0v) is 11.4. The number of carbonyl (C=O) groups is 2. The molecule has 0 fully saturated rings. The Kier molecular flexibility index (Phi) is 4.68. The molecule has 1 amide bonds. The van der Waals surface area contributed by atoms with Crippen LogP contribution in [0.1, 0.15) is 10.5 Å². The molecule has 2 rings (SSSR count). The van der Waals surface area contributed by atoms with Crippen molar-refractivity contribution in [3.63, 3.8) is 0 Å². The van der Waals surface area contributed by atoms with Gasteiger partial charge in [-0.15, -0.1) is 0 Å². The first kappa shape index (κ1) is 14.7. The van der Waals surface area contributed by atoms with Crippen LogP contribution in [0.2, 0.25) is 0 Å². The Morgan fingerprint density at radius 2 is 2.05 bits per heavy atom. The molecule has 1 aromatic heterocycles. The summed E-state index contributed by atoms with van der Waals surface area (Å²) in [6.45, 7) is -0.122. The van der Waals surface area contributed by atoms with Gasteiger partial charge >= 0.3 is 5.97 Å². The topological polar surface area (TPSA) is 93.5 Å². The minimum absolute atomic E-state index is 0.122. The van der Waals surface area contributed by atoms with Gasteiger partial charge in [-0.2, -0.15) is 5.10 Å². The van der Waals surface area contributed by atoms with E-state index < -0.39 is 18.0 Å². The van der Waals surface area contributed by atoms with Gasteiger partial charge in [0.1, 0.15) is 0 Å². The molecule has 7 nitrogen and oxygen atoms in total. The molecule has 7 heteroatoms. The molecule has 0 aliphatic heterocycles. The Hall–Kier alpha value is -2.67. The number of nitrogens with zero attached hydrogens (tertiary/aromatic N) is 2. The molecule has 2 aromatic rings. The number of carboxylic acid groups (broad SMARTS) is 1. The number of carboxylic acids is 1. The molecule has 2 N–H and O–H groups in total. The molecular weight excluding hydrogens is 274 g/mol. The van der Waals surface area contributed by atoms with Gasteiger partial charge in [-0.3, -0.25) is 4.79 Å². The van der Waals surface area contributed by atoms with Crippen molar-refractivity contribution in [1.29, 1.82) is 0 Å². The molecule has 0 bridgehead atoms. The molecule has 1 heterocycles. The van der Waals surface area contributed by atoms with Crippen LogP contribution in [0.3, 0.4) is 0 Å². The fourth-order valence-corrected chi connectivity index (χ4v) is 1.72. The smallest absolute Gasteiger partial charge is 0.334 e. The van der Waals surface area contributed by atoms with Crippen molar-refractivity contribution in [2.45, 2.75) is 6.10 Å². The van der Waals surface area contributed by atoms with Crippen LogP contribution in [0.15, 0.2) is 42.6 Å². The lowest BCUT2D eigenvalue weighted by molar-refractivity contribution is -0.148. The Morgan fingerprint density at radius 1 is 1.33 bits per heavy atom. The maximum absolute atomic E-state index is 11.9. The molecular formula is C14H15N3O4. The molecule has 0 spiro atoms. The van der Waals surface area contributed by atoms with E-state index in [2.05, 4.69) is 10.4 Å². The van der Waals surface area contributed by atoms with E-state index >= 15 is 0 Å². The zero-order chi connectivity index (χ0) is 15.2. The van der Waals surface area contributed by atoms with Crippen molar-refractivity contribution < 1.29 is 19.4 Å². The van der Waals surface area contributed by atoms with Crippen LogP contribution < -0.4 is 5.32 Å². The third-order valence-electron chi connectivity index (χ3n) is 2.85. The normalized spacial score (nSPS) is 11.9. The summed E-state index contributed by atoms with van der Waals surface area (Å²) in [4.78, 5) is 22.7. The number of para-hydroxylation sites is 1. The van der Waals surface area contributed by atoms with Gasteiger partial charge < -0.3 is 15.2 Å². The third-order valence-corrected chi connectivity index (χ3v) is 2.85. The summed E-state index contributed by atoms with van der Waals surface area (Å²) < 4.78 is 6.30. The van der Waals surface area contributed by atoms with Crippen LogP contribution in [0.4, 0.5) is 0 Å². The van der Waals surface area contributed by atoms with Crippen molar-refractivity contribution in [2.24, 2.45) is 0 Å². The van der Waals surface area contributed by atoms with Crippen molar-refractivity contribution in [1.82, 2.24) is 15.1 Å². The second-order valence-electron chi connectivity index (χ2n) is 4.25. The van der Waals surface area contributed by atoms with Gasteiger partial charge in [0, 0.05) is 13.3 Å². The minimum Gasteiger partial charge on any atom is -0.479 e. The van der Waals surface area contributed by atoms with Crippen LogP contribution in [-0.2, 0) is 9.53 Å². The lowest BCUT2D eigenvalue weighted by atomic mass is 10.3. The number of carbonyl (C=O) groups excluding carboxylic acids is 1. The van der Waals surface area contributed by atoms with Crippen molar-refractivity contribution >= 4 is 11.9 Å². The maximum atomic E-state index is 11.9. The largest absolute Gasteiger partial charge is 0.479 e. The lowest BCUT2D eigenvalue weighted by Crippen LogP contribution is -2.38. The van der Waals surface area contributed by atoms with Crippen molar-refractivity contribution in [3.8, 4) is 5.69 Å². The second-order valence-corrected chi connectivity index (χ2v) is 4.25. The summed E-state index contributed by atoms with van der Waals surface area (Å²) in [5.74, 6) is -1.58. The molecule has 0 aliphatic carbocycles. The number of hydrogen-bond donors (Lipinski definition) is 2. The number of hydrogen-bond acceptors (Lipinski definition) is 4. The number of ether oxygens (including phenoxy) is 1. The van der Waals surface area contributed by atoms with Crippen LogP contribution in [0.25, 0.3) is 5.69 Å². The standard InChI is InChI=1S/C14H15N3O4/c1-21-12(14(19)20)9-15-13(18)11-7-8-17(16-11)10-5-3-2-4-6-10/h2-8,12H,9H2,1H3,(H,15,18)(H,19,20). The number of methoxy groups -OCH3 is 1. The quantitative estimate of drug-likeness (QED) is 0.816. The van der Waals surface area contributed by atoms with E-state index in [1.807, 2.05) is 30.3 Å². The molecule has 0 radical (unpaired) electrons. The van der Waals surface area contributed by atoms with Gasteiger partial charge in [-0.1, -0.05) is 18.2 Å². The Morgan fingerprint density at radius 3 is 2.67 bits per heavy atom. The second kappa shape index (κ2) is 6.67. The summed E-state index contributed by atoms with van der Waals surface area (Å²) in [6, 6.07) is 10.9. The van der Waals surface area contributed by atoms with E-state index in [0.29, 0.717) is 0 Å². The first-order valence-electron chi connectivity index (χ1n) is 6.26. The van der Waals surface area contributed by atoms with Gasteiger partial charge in [-0.25, -0.2) is 9.48 Å². The number of aliphatic carboxylic acids is 1. The highest BCUT2D eigenvalue weighted by Gasteiger charge is 2.18. The summed E-state index contributed by atoms with van der Waals surface area (Å²) in [6.07, 6.45) is 0.583. The lowest BCUT2D eigenvalue weighted by Gasteiger charge is -2.10. The molecule has 21 heavy (non-hydrogen) atoms. The molecule has 0 saturated carbocycles. The van der Waals surface area contributed by atoms with E-state index in [0.717, 1.165) is 5.69 Å². The van der Waals surface area contributed by atoms with Gasteiger partial charge in [0.25, 0.3) is 5.91 Å². The predicted molar refractivity (Wildman–Crippen MR) is 74.3 cm³/mol. The van der Waals surface area contributed by atoms with Crippen LogP contribution in [0, 0.1) is 0 Å². The summed E-state index contributed by atoms with van der Waals surface area (Å²) in [5, 5.41) is 15.4. The number of aromatic nitrogens is 2. The Bertz CT molecular complexity index is 624. The highest BCUT2D eigenvalue weighted by atomic mass is 16.5. The molecule has 1 atom stereocenters. The summed E-state index contributed by atoms with van der Waals surface area (Å²) in [7, 11) is 1.27. The number of nitrogens with one attached hydrogen (secondary N) is 1. The van der Waals surface area contributed by atoms with Gasteiger partial charge in [0.05, 0.1) is 12.2 Å². The SMILES string of the molecule is COC(CNC(=O)c1ccn(-c2ccccc2)n1)C(=O)O. The first-order chi connectivity index (χ1) is 10.1. The highest BCUT2D eigenvalue weighted by molar-refractivity contribution is 5.92. The number of benzene rings is 1. The first-order valence-corrected chi connectivity index (χ1v) is 6.26. The fourth-order valence-electron chi connectivity index (χ4n) is 1.72. The van der Waals surface area contributed by atoms with Gasteiger partial charge in [0.15, 0.2) is 11.8 Å². The molecule has 0 saturated heterocycles. The van der Waals surface area contributed by atoms with Crippen molar-refractivity contribution in [3.05, 3.63) is 48.3 Å². The van der Waals surface area contributed by atoms with Crippen LogP contribution in [0.5, 0.6) is 0 Å². The molecule has 1 aromatic carbocycles. The van der Waals surface area contributed by atoms with E-state index in [9.17, 15) is 9.59 Å². The number of amides is 1. The fraction of sp³-hybridized carbons (Fsp3) is 0.214. The summed E-state index contributed by atoms with van der Waals surface area (Å²) in [5.41, 5.74) is 1.04. The van der Waals surface area contributed by atoms with Gasteiger partial charge in [-0.05, 0) is 18.2 Å². The van der Waals surface area contributed by atoms with E-state index in [1.165, 1.54) is 7.11 Å². The minimum atomic E-state index is -1.13. The maximum Gasteiger partial charge on any atom is 0.334 e. The molecule has 0 aliphatic rings. The third kappa shape index (κ3) is 3.67. The average Bonchev–Trinajstić information content (AvgIpc) is 2.98. The zero-order valence-electron chi connectivity index (χ0n) is 11.4. The van der Waals surface area contributed by atoms with Crippen LogP contribution >= 0.6 is 0 Å². The van der Waals surface area contributed by atoms with E-state index in [1.54, 1.807) is 16.9 Å². The highest BCUT2D eigenvalue weighted by Crippen LogP contribution is 2.06. The van der Waals surface area contributed by atoms with Crippen LogP contribution in [-0.4, -0.2) is 46.5 Å². The van der Waals surface area contributed by atoms with Crippen molar-refractivity contribution in [2.75, 3.05) is 13.7 Å². The Balaban J connectivity index is 2.01. The van der Waals surface area contributed by atoms with E-state index in [-0.39, 0.29) is 12.2 Å².